The number of nitrogens with one attached hydrogen (secondary N) is 1. The van der Waals surface area contributed by atoms with Gasteiger partial charge >= 0.3 is 0 Å². The van der Waals surface area contributed by atoms with Gasteiger partial charge in [-0.3, -0.25) is 4.79 Å². The molecule has 0 saturated carbocycles. The van der Waals surface area contributed by atoms with E-state index >= 15 is 0 Å². The number of aromatic nitrogens is 2. The molecule has 0 bridgehead atoms. The molecule has 0 unspecified atom stereocenters. The third kappa shape index (κ3) is 3.54. The number of hydrogen-bond acceptors (Lipinski definition) is 5. The maximum atomic E-state index is 12.9. The number of rotatable bonds is 5. The summed E-state index contributed by atoms with van der Waals surface area (Å²) in [6.45, 7) is 1.08. The van der Waals surface area contributed by atoms with Crippen LogP contribution >= 0.6 is 0 Å². The highest BCUT2D eigenvalue weighted by Gasteiger charge is 2.20. The molecule has 32 heavy (non-hydrogen) atoms. The van der Waals surface area contributed by atoms with Crippen molar-refractivity contribution in [1.82, 2.24) is 14.9 Å². The smallest absolute Gasteiger partial charge is 0.251 e. The molecule has 2 aromatic carbocycles. The van der Waals surface area contributed by atoms with Crippen molar-refractivity contribution in [2.75, 3.05) is 18.1 Å². The number of nitrogens with two attached hydrogens (primary N) is 2. The molecule has 0 aliphatic heterocycles. The van der Waals surface area contributed by atoms with Crippen molar-refractivity contribution in [3.8, 4) is 0 Å². The Labute approximate surface area is 186 Å². The topological polar surface area (TPSA) is 119 Å². The van der Waals surface area contributed by atoms with E-state index < -0.39 is 0 Å². The second-order valence-corrected chi connectivity index (χ2v) is 8.41. The lowest BCUT2D eigenvalue weighted by atomic mass is 9.95. The van der Waals surface area contributed by atoms with Gasteiger partial charge in [0, 0.05) is 52.4 Å². The minimum absolute atomic E-state index is 0.108. The van der Waals surface area contributed by atoms with Gasteiger partial charge in [0.2, 0.25) is 0 Å². The second kappa shape index (κ2) is 8.16. The van der Waals surface area contributed by atoms with E-state index in [1.807, 2.05) is 36.4 Å². The number of carbonyl (C=O) groups excluding carboxylic acids is 1. The van der Waals surface area contributed by atoms with Crippen molar-refractivity contribution < 1.29 is 9.90 Å². The molecule has 4 aromatic rings. The number of benzene rings is 2. The predicted octanol–water partition coefficient (Wildman–Crippen LogP) is 3.16. The third-order valence-electron chi connectivity index (χ3n) is 6.34. The van der Waals surface area contributed by atoms with Crippen LogP contribution in [0, 0.1) is 0 Å². The van der Waals surface area contributed by atoms with Crippen LogP contribution in [-0.4, -0.2) is 27.2 Å². The number of amides is 1. The maximum absolute atomic E-state index is 12.9. The summed E-state index contributed by atoms with van der Waals surface area (Å²) in [5.74, 6) is 0.274. The molecular weight excluding hydrogens is 402 g/mol. The first kappa shape index (κ1) is 20.3. The number of hydrogen-bond donors (Lipinski definition) is 4. The van der Waals surface area contributed by atoms with E-state index in [1.54, 1.807) is 6.07 Å². The molecule has 6 N–H and O–H groups in total. The number of aliphatic hydroxyl groups excluding tert-OH is 1. The van der Waals surface area contributed by atoms with Crippen molar-refractivity contribution in [2.45, 2.75) is 38.8 Å². The summed E-state index contributed by atoms with van der Waals surface area (Å²) in [5.41, 5.74) is 18.5. The largest absolute Gasteiger partial charge is 0.398 e. The number of aliphatic hydroxyl groups is 1. The van der Waals surface area contributed by atoms with E-state index in [0.29, 0.717) is 30.2 Å². The quantitative estimate of drug-likeness (QED) is 0.389. The lowest BCUT2D eigenvalue weighted by Gasteiger charge is -2.15. The number of nitrogens with zero attached hydrogens (tertiary/aromatic N) is 2. The number of fused-ring (bicyclic) bond motifs is 4. The SMILES string of the molecule is Nc1cc(N)c2cc(CNC(=O)c3ccc4c(c3)c3c(n4CCO)CCCC3)ccc2n1. The third-order valence-corrected chi connectivity index (χ3v) is 6.34. The number of carbonyl (C=O) groups is 1. The van der Waals surface area contributed by atoms with Gasteiger partial charge in [0.25, 0.3) is 5.91 Å². The zero-order chi connectivity index (χ0) is 22.2. The Bertz CT molecular complexity index is 1340. The summed E-state index contributed by atoms with van der Waals surface area (Å²) >= 11 is 0. The van der Waals surface area contributed by atoms with E-state index in [4.69, 9.17) is 11.5 Å². The molecule has 2 aromatic heterocycles. The maximum Gasteiger partial charge on any atom is 0.251 e. The zero-order valence-corrected chi connectivity index (χ0v) is 17.9. The van der Waals surface area contributed by atoms with Crippen LogP contribution in [0.4, 0.5) is 11.5 Å². The first-order valence-corrected chi connectivity index (χ1v) is 11.0. The van der Waals surface area contributed by atoms with Crippen LogP contribution < -0.4 is 16.8 Å². The van der Waals surface area contributed by atoms with Crippen LogP contribution in [-0.2, 0) is 25.9 Å². The van der Waals surface area contributed by atoms with Gasteiger partial charge < -0.3 is 26.5 Å². The number of aryl methyl sites for hydroxylation is 1. The molecule has 2 heterocycles. The second-order valence-electron chi connectivity index (χ2n) is 8.41. The van der Waals surface area contributed by atoms with Gasteiger partial charge in [-0.05, 0) is 67.1 Å². The van der Waals surface area contributed by atoms with Gasteiger partial charge in [0.05, 0.1) is 12.1 Å². The molecule has 1 amide bonds. The summed E-state index contributed by atoms with van der Waals surface area (Å²) in [7, 11) is 0. The average molecular weight is 430 g/mol. The Kier molecular flexibility index (Phi) is 5.19. The van der Waals surface area contributed by atoms with Crippen LogP contribution in [0.1, 0.15) is 40.0 Å². The van der Waals surface area contributed by atoms with Crippen molar-refractivity contribution in [1.29, 1.82) is 0 Å². The Morgan fingerprint density at radius 3 is 2.75 bits per heavy atom. The fourth-order valence-corrected chi connectivity index (χ4v) is 4.85. The van der Waals surface area contributed by atoms with Gasteiger partial charge in [-0.15, -0.1) is 0 Å². The summed E-state index contributed by atoms with van der Waals surface area (Å²) in [6, 6.07) is 13.2. The summed E-state index contributed by atoms with van der Waals surface area (Å²) in [6.07, 6.45) is 4.37. The van der Waals surface area contributed by atoms with Crippen molar-refractivity contribution in [3.63, 3.8) is 0 Å². The lowest BCUT2D eigenvalue weighted by Crippen LogP contribution is -2.22. The van der Waals surface area contributed by atoms with Crippen molar-refractivity contribution in [2.24, 2.45) is 0 Å². The first-order chi connectivity index (χ1) is 15.5. The molecule has 1 aliphatic rings. The minimum Gasteiger partial charge on any atom is -0.398 e. The first-order valence-electron chi connectivity index (χ1n) is 11.0. The van der Waals surface area contributed by atoms with Crippen LogP contribution in [0.5, 0.6) is 0 Å². The average Bonchev–Trinajstić information content (AvgIpc) is 3.11. The summed E-state index contributed by atoms with van der Waals surface area (Å²) in [4.78, 5) is 17.2. The van der Waals surface area contributed by atoms with E-state index in [1.165, 1.54) is 17.7 Å². The standard InChI is InChI=1S/C25H27N5O2/c26-20-13-24(27)29-21-7-5-15(11-19(20)21)14-28-25(32)16-6-8-23-18(12-16)17-3-1-2-4-22(17)30(23)9-10-31/h5-8,11-13,31H,1-4,9-10,14H2,(H,28,32)(H4,26,27,29). The van der Waals surface area contributed by atoms with Gasteiger partial charge in [-0.25, -0.2) is 4.98 Å². The molecule has 0 atom stereocenters. The number of nitrogen functional groups attached to an aromatic ring is 2. The highest BCUT2D eigenvalue weighted by Crippen LogP contribution is 2.33. The van der Waals surface area contributed by atoms with E-state index in [-0.39, 0.29) is 12.5 Å². The highest BCUT2D eigenvalue weighted by atomic mass is 16.3. The van der Waals surface area contributed by atoms with Gasteiger partial charge in [-0.2, -0.15) is 0 Å². The minimum atomic E-state index is -0.116. The Balaban J connectivity index is 1.40. The lowest BCUT2D eigenvalue weighted by molar-refractivity contribution is 0.0951. The molecule has 0 spiro atoms. The fraction of sp³-hybridized carbons (Fsp3) is 0.280. The Hall–Kier alpha value is -3.58. The van der Waals surface area contributed by atoms with Crippen LogP contribution in [0.25, 0.3) is 21.8 Å². The summed E-state index contributed by atoms with van der Waals surface area (Å²) < 4.78 is 2.21. The molecule has 7 heteroatoms. The fourth-order valence-electron chi connectivity index (χ4n) is 4.85. The predicted molar refractivity (Wildman–Crippen MR) is 127 cm³/mol. The molecule has 1 aliphatic carbocycles. The number of pyridine rings is 1. The van der Waals surface area contributed by atoms with Crippen LogP contribution in [0.3, 0.4) is 0 Å². The molecular formula is C25H27N5O2. The Morgan fingerprint density at radius 2 is 1.91 bits per heavy atom. The molecule has 7 nitrogen and oxygen atoms in total. The summed E-state index contributed by atoms with van der Waals surface area (Å²) in [5, 5.41) is 14.5. The molecule has 0 saturated heterocycles. The van der Waals surface area contributed by atoms with E-state index in [9.17, 15) is 9.90 Å². The van der Waals surface area contributed by atoms with E-state index in [2.05, 4.69) is 14.9 Å². The molecule has 5 rings (SSSR count). The normalized spacial score (nSPS) is 13.4. The highest BCUT2D eigenvalue weighted by molar-refractivity contribution is 5.99. The van der Waals surface area contributed by atoms with Gasteiger partial charge in [0.15, 0.2) is 0 Å². The van der Waals surface area contributed by atoms with Crippen molar-refractivity contribution >= 4 is 39.2 Å². The Morgan fingerprint density at radius 1 is 1.06 bits per heavy atom. The van der Waals surface area contributed by atoms with Gasteiger partial charge in [-0.1, -0.05) is 6.07 Å². The van der Waals surface area contributed by atoms with Crippen LogP contribution in [0.15, 0.2) is 42.5 Å². The molecule has 0 radical (unpaired) electrons. The number of anilines is 2. The van der Waals surface area contributed by atoms with E-state index in [0.717, 1.165) is 46.6 Å². The molecule has 164 valence electrons. The van der Waals surface area contributed by atoms with Crippen LogP contribution in [0.2, 0.25) is 0 Å². The molecule has 0 fully saturated rings. The van der Waals surface area contributed by atoms with Crippen molar-refractivity contribution in [3.05, 3.63) is 64.8 Å². The monoisotopic (exact) mass is 429 g/mol. The van der Waals surface area contributed by atoms with Gasteiger partial charge in [0.1, 0.15) is 5.82 Å². The zero-order valence-electron chi connectivity index (χ0n) is 17.9.